The van der Waals surface area contributed by atoms with E-state index < -0.39 is 24.3 Å². The Kier molecular flexibility index (Phi) is 6.76. The number of nitrogens with zero attached hydrogens (tertiary/aromatic N) is 2. The number of hydrogen-bond acceptors (Lipinski definition) is 3. The normalized spacial score (nSPS) is 12.5. The Labute approximate surface area is 159 Å². The van der Waals surface area contributed by atoms with Gasteiger partial charge in [0.1, 0.15) is 5.69 Å². The molecule has 1 aromatic heterocycles. The van der Waals surface area contributed by atoms with Gasteiger partial charge in [-0.15, -0.1) is 0 Å². The predicted molar refractivity (Wildman–Crippen MR) is 97.8 cm³/mol. The molecule has 2 rings (SSSR count). The summed E-state index contributed by atoms with van der Waals surface area (Å²) in [4.78, 5) is 16.8. The van der Waals surface area contributed by atoms with E-state index in [1.807, 2.05) is 20.8 Å². The highest BCUT2D eigenvalue weighted by atomic mass is 19.3. The molecule has 0 fully saturated rings. The Morgan fingerprint density at radius 3 is 2.32 bits per heavy atom. The highest BCUT2D eigenvalue weighted by Crippen LogP contribution is 2.20. The summed E-state index contributed by atoms with van der Waals surface area (Å²) in [5.74, 6) is -0.542. The van der Waals surface area contributed by atoms with Crippen LogP contribution in [0.5, 0.6) is 0 Å². The number of anilines is 1. The molecule has 1 aromatic carbocycles. The summed E-state index contributed by atoms with van der Waals surface area (Å²) < 4.78 is 50.7. The fourth-order valence-corrected chi connectivity index (χ4v) is 2.06. The van der Waals surface area contributed by atoms with Crippen LogP contribution in [-0.2, 0) is 0 Å². The maximum absolute atomic E-state index is 12.7. The molecule has 0 aliphatic heterocycles. The van der Waals surface area contributed by atoms with Crippen molar-refractivity contribution in [3.05, 3.63) is 47.2 Å². The molecular formula is C18H21F4N5O. The van der Waals surface area contributed by atoms with Crippen LogP contribution in [-0.4, -0.2) is 27.6 Å². The second-order valence-corrected chi connectivity index (χ2v) is 6.64. The van der Waals surface area contributed by atoms with Crippen LogP contribution in [0.25, 0.3) is 0 Å². The van der Waals surface area contributed by atoms with Crippen molar-refractivity contribution in [3.63, 3.8) is 0 Å². The number of aromatic nitrogens is 2. The summed E-state index contributed by atoms with van der Waals surface area (Å²) in [6.07, 6.45) is -4.72. The molecule has 0 radical (unpaired) electrons. The molecule has 0 saturated heterocycles. The molecule has 0 unspecified atom stereocenters. The van der Waals surface area contributed by atoms with Gasteiger partial charge in [-0.3, -0.25) is 15.2 Å². The van der Waals surface area contributed by atoms with Gasteiger partial charge in [-0.05, 0) is 32.4 Å². The summed E-state index contributed by atoms with van der Waals surface area (Å²) in [6, 6.07) is 5.94. The molecule has 0 aliphatic carbocycles. The van der Waals surface area contributed by atoms with Crippen LogP contribution in [0.3, 0.4) is 0 Å². The Hall–Kier alpha value is -2.91. The van der Waals surface area contributed by atoms with Crippen LogP contribution < -0.4 is 10.6 Å². The predicted octanol–water partition coefficient (Wildman–Crippen LogP) is 4.67. The lowest BCUT2D eigenvalue weighted by Gasteiger charge is -2.20. The number of amides is 1. The number of carbonyl (C=O) groups excluding carboxylic acids is 1. The Balaban J connectivity index is 2.22. The van der Waals surface area contributed by atoms with Crippen LogP contribution in [0.4, 0.5) is 23.4 Å². The minimum Gasteiger partial charge on any atom is -0.309 e. The molecule has 0 spiro atoms. The molecule has 6 nitrogen and oxygen atoms in total. The van der Waals surface area contributed by atoms with Crippen molar-refractivity contribution < 1.29 is 22.4 Å². The summed E-state index contributed by atoms with van der Waals surface area (Å²) in [5.41, 5.74) is -1.00. The second-order valence-electron chi connectivity index (χ2n) is 6.64. The minimum atomic E-state index is -2.72. The van der Waals surface area contributed by atoms with Crippen molar-refractivity contribution in [2.24, 2.45) is 4.99 Å². The van der Waals surface area contributed by atoms with Crippen molar-refractivity contribution in [1.29, 1.82) is 0 Å². The topological polar surface area (TPSA) is 82.2 Å². The molecule has 0 bridgehead atoms. The van der Waals surface area contributed by atoms with E-state index >= 15 is 0 Å². The van der Waals surface area contributed by atoms with Crippen molar-refractivity contribution in [1.82, 2.24) is 15.5 Å². The Morgan fingerprint density at radius 2 is 1.82 bits per heavy atom. The van der Waals surface area contributed by atoms with E-state index in [1.54, 1.807) is 0 Å². The fraction of sp³-hybridized carbons (Fsp3) is 0.389. The SMILES string of the molecule is CCC(C)(C)N=C(NC(=O)c1ccc(C(F)F)cc1)Nc1cc(C(F)F)[nH]n1. The third-order valence-corrected chi connectivity index (χ3v) is 4.02. The lowest BCUT2D eigenvalue weighted by atomic mass is 10.0. The van der Waals surface area contributed by atoms with E-state index in [0.717, 1.165) is 18.2 Å². The molecule has 0 aliphatic rings. The van der Waals surface area contributed by atoms with E-state index in [1.165, 1.54) is 12.1 Å². The van der Waals surface area contributed by atoms with E-state index in [0.29, 0.717) is 6.42 Å². The van der Waals surface area contributed by atoms with Gasteiger partial charge in [-0.25, -0.2) is 22.6 Å². The zero-order chi connectivity index (χ0) is 20.9. The molecule has 1 heterocycles. The molecule has 0 saturated carbocycles. The molecule has 2 aromatic rings. The van der Waals surface area contributed by atoms with Gasteiger partial charge in [0.05, 0.1) is 5.54 Å². The maximum atomic E-state index is 12.7. The zero-order valence-electron chi connectivity index (χ0n) is 15.6. The van der Waals surface area contributed by atoms with Crippen molar-refractivity contribution >= 4 is 17.7 Å². The van der Waals surface area contributed by atoms with Crippen molar-refractivity contribution in [3.8, 4) is 0 Å². The van der Waals surface area contributed by atoms with E-state index in [9.17, 15) is 22.4 Å². The number of H-pyrrole nitrogens is 1. The van der Waals surface area contributed by atoms with Gasteiger partial charge in [0.2, 0.25) is 5.96 Å². The molecule has 1 amide bonds. The highest BCUT2D eigenvalue weighted by molar-refractivity contribution is 6.09. The number of halogens is 4. The fourth-order valence-electron chi connectivity index (χ4n) is 2.06. The molecular weight excluding hydrogens is 378 g/mol. The first kappa shape index (κ1) is 21.4. The molecule has 28 heavy (non-hydrogen) atoms. The third kappa shape index (κ3) is 5.80. The maximum Gasteiger partial charge on any atom is 0.279 e. The van der Waals surface area contributed by atoms with E-state index in [-0.39, 0.29) is 28.6 Å². The standard InChI is InChI=1S/C18H21F4N5O/c1-4-18(2,3)25-17(23-13-9-12(15(21)22)26-27-13)24-16(28)11-7-5-10(6-8-11)14(19)20/h5-9,14-15H,4H2,1-3H3,(H3,23,24,25,26,27,28). The van der Waals surface area contributed by atoms with Crippen LogP contribution in [0.2, 0.25) is 0 Å². The number of alkyl halides is 4. The van der Waals surface area contributed by atoms with Gasteiger partial charge in [0.25, 0.3) is 18.8 Å². The average Bonchev–Trinajstić information content (AvgIpc) is 3.10. The minimum absolute atomic E-state index is 0.00195. The summed E-state index contributed by atoms with van der Waals surface area (Å²) in [5, 5.41) is 11.1. The number of aliphatic imine (C=N–C) groups is 1. The van der Waals surface area contributed by atoms with E-state index in [2.05, 4.69) is 25.8 Å². The monoisotopic (exact) mass is 399 g/mol. The second kappa shape index (κ2) is 8.85. The lowest BCUT2D eigenvalue weighted by molar-refractivity contribution is 0.0976. The van der Waals surface area contributed by atoms with Crippen molar-refractivity contribution in [2.45, 2.75) is 45.6 Å². The highest BCUT2D eigenvalue weighted by Gasteiger charge is 2.19. The quantitative estimate of drug-likeness (QED) is 0.375. The number of nitrogens with one attached hydrogen (secondary N) is 3. The average molecular weight is 399 g/mol. The van der Waals surface area contributed by atoms with Crippen LogP contribution in [0.15, 0.2) is 35.3 Å². The number of carbonyl (C=O) groups is 1. The van der Waals surface area contributed by atoms with Crippen molar-refractivity contribution in [2.75, 3.05) is 5.32 Å². The number of guanidine groups is 1. The zero-order valence-corrected chi connectivity index (χ0v) is 15.6. The number of aromatic amines is 1. The lowest BCUT2D eigenvalue weighted by Crippen LogP contribution is -2.38. The van der Waals surface area contributed by atoms with E-state index in [4.69, 9.17) is 0 Å². The first-order valence-electron chi connectivity index (χ1n) is 8.51. The molecule has 3 N–H and O–H groups in total. The third-order valence-electron chi connectivity index (χ3n) is 4.02. The van der Waals surface area contributed by atoms with Gasteiger partial charge in [-0.1, -0.05) is 19.1 Å². The summed E-state index contributed by atoms with van der Waals surface area (Å²) in [6.45, 7) is 5.55. The first-order chi connectivity index (χ1) is 13.1. The first-order valence-corrected chi connectivity index (χ1v) is 8.51. The van der Waals surface area contributed by atoms with Gasteiger partial charge in [-0.2, -0.15) is 5.10 Å². The molecule has 0 atom stereocenters. The van der Waals surface area contributed by atoms with Gasteiger partial charge < -0.3 is 5.32 Å². The van der Waals surface area contributed by atoms with Gasteiger partial charge >= 0.3 is 0 Å². The van der Waals surface area contributed by atoms with Gasteiger partial charge in [0, 0.05) is 17.2 Å². The van der Waals surface area contributed by atoms with Crippen LogP contribution >= 0.6 is 0 Å². The summed E-state index contributed by atoms with van der Waals surface area (Å²) in [7, 11) is 0. The Morgan fingerprint density at radius 1 is 1.18 bits per heavy atom. The number of hydrogen-bond donors (Lipinski definition) is 3. The summed E-state index contributed by atoms with van der Waals surface area (Å²) >= 11 is 0. The largest absolute Gasteiger partial charge is 0.309 e. The smallest absolute Gasteiger partial charge is 0.279 e. The number of benzene rings is 1. The molecule has 152 valence electrons. The molecule has 10 heteroatoms. The van der Waals surface area contributed by atoms with Gasteiger partial charge in [0.15, 0.2) is 5.82 Å². The van der Waals surface area contributed by atoms with Crippen LogP contribution in [0, 0.1) is 0 Å². The Bertz CT molecular complexity index is 831. The van der Waals surface area contributed by atoms with Crippen LogP contribution in [0.1, 0.15) is 61.7 Å². The number of rotatable bonds is 6.